The molecule has 85 heavy (non-hydrogen) atoms. The average molecular weight is 1260 g/mol. The first-order valence-corrected chi connectivity index (χ1v) is 37.5. The van der Waals surface area contributed by atoms with Crippen LogP contribution in [-0.2, 0) is 65.4 Å². The summed E-state index contributed by atoms with van der Waals surface area (Å²) >= 11 is 0. The van der Waals surface area contributed by atoms with Crippen molar-refractivity contribution >= 4 is 39.5 Å². The fourth-order valence-electron chi connectivity index (χ4n) is 9.88. The number of ether oxygens (including phenoxy) is 4. The molecule has 5 atom stereocenters. The smallest absolute Gasteiger partial charge is 0.462 e. The van der Waals surface area contributed by atoms with Gasteiger partial charge in [0.15, 0.2) is 12.2 Å². The minimum absolute atomic E-state index is 0.103. The van der Waals surface area contributed by atoms with Crippen molar-refractivity contribution in [3.05, 3.63) is 0 Å². The zero-order chi connectivity index (χ0) is 62.9. The van der Waals surface area contributed by atoms with Gasteiger partial charge in [0.05, 0.1) is 26.4 Å². The Kier molecular flexibility index (Phi) is 57.1. The van der Waals surface area contributed by atoms with Crippen molar-refractivity contribution < 1.29 is 80.2 Å². The van der Waals surface area contributed by atoms with E-state index in [0.717, 1.165) is 102 Å². The number of phosphoric acid groups is 2. The monoisotopic (exact) mass is 1250 g/mol. The zero-order valence-electron chi connectivity index (χ0n) is 54.9. The normalized spacial score (nSPS) is 14.2. The summed E-state index contributed by atoms with van der Waals surface area (Å²) in [6.45, 7) is 9.43. The Labute approximate surface area is 517 Å². The molecule has 0 aromatic rings. The number of esters is 4. The minimum Gasteiger partial charge on any atom is -0.462 e. The first-order valence-electron chi connectivity index (χ1n) is 34.5. The van der Waals surface area contributed by atoms with Gasteiger partial charge in [-0.05, 0) is 37.5 Å². The van der Waals surface area contributed by atoms with E-state index in [2.05, 4.69) is 41.5 Å². The molecular formula is C66H128O17P2. The van der Waals surface area contributed by atoms with Gasteiger partial charge in [-0.15, -0.1) is 0 Å². The lowest BCUT2D eigenvalue weighted by atomic mass is 10.0. The van der Waals surface area contributed by atoms with Crippen LogP contribution < -0.4 is 0 Å². The number of rotatable bonds is 65. The molecule has 17 nitrogen and oxygen atoms in total. The summed E-state index contributed by atoms with van der Waals surface area (Å²) in [4.78, 5) is 72.2. The molecule has 0 aromatic heterocycles. The molecule has 504 valence electrons. The van der Waals surface area contributed by atoms with Crippen molar-refractivity contribution in [2.45, 2.75) is 349 Å². The van der Waals surface area contributed by atoms with Gasteiger partial charge in [0.25, 0.3) is 0 Å². The van der Waals surface area contributed by atoms with E-state index in [9.17, 15) is 43.2 Å². The van der Waals surface area contributed by atoms with Crippen LogP contribution in [0, 0.1) is 11.8 Å². The molecule has 0 aliphatic carbocycles. The van der Waals surface area contributed by atoms with E-state index in [1.165, 1.54) is 141 Å². The molecule has 19 heteroatoms. The van der Waals surface area contributed by atoms with E-state index in [4.69, 9.17) is 37.0 Å². The van der Waals surface area contributed by atoms with Gasteiger partial charge in [-0.1, -0.05) is 279 Å². The average Bonchev–Trinajstić information content (AvgIpc) is 3.54. The largest absolute Gasteiger partial charge is 0.472 e. The lowest BCUT2D eigenvalue weighted by Gasteiger charge is -2.21. The molecule has 0 aliphatic heterocycles. The predicted octanol–water partition coefficient (Wildman–Crippen LogP) is 18.4. The maximum absolute atomic E-state index is 13.0. The van der Waals surface area contributed by atoms with Crippen molar-refractivity contribution in [1.29, 1.82) is 0 Å². The zero-order valence-corrected chi connectivity index (χ0v) is 56.7. The summed E-state index contributed by atoms with van der Waals surface area (Å²) in [7, 11) is -9.89. The minimum atomic E-state index is -4.95. The highest BCUT2D eigenvalue weighted by Gasteiger charge is 2.30. The second kappa shape index (κ2) is 58.4. The van der Waals surface area contributed by atoms with E-state index in [0.29, 0.717) is 31.6 Å². The number of hydrogen-bond donors (Lipinski definition) is 3. The summed E-state index contributed by atoms with van der Waals surface area (Å²) in [5.74, 6) is -0.672. The van der Waals surface area contributed by atoms with Crippen molar-refractivity contribution in [2.75, 3.05) is 39.6 Å². The third-order valence-corrected chi connectivity index (χ3v) is 17.1. The van der Waals surface area contributed by atoms with Crippen LogP contribution in [0.2, 0.25) is 0 Å². The number of hydrogen-bond acceptors (Lipinski definition) is 15. The van der Waals surface area contributed by atoms with Crippen LogP contribution in [0.3, 0.4) is 0 Å². The molecule has 0 fully saturated rings. The van der Waals surface area contributed by atoms with Gasteiger partial charge in [0.1, 0.15) is 19.3 Å². The number of aliphatic hydroxyl groups is 1. The van der Waals surface area contributed by atoms with E-state index in [1.54, 1.807) is 0 Å². The van der Waals surface area contributed by atoms with Crippen LogP contribution in [0.15, 0.2) is 0 Å². The number of carbonyl (C=O) groups excluding carboxylic acids is 4. The molecule has 0 heterocycles. The van der Waals surface area contributed by atoms with Crippen LogP contribution in [0.25, 0.3) is 0 Å². The van der Waals surface area contributed by atoms with E-state index < -0.39 is 97.5 Å². The number of phosphoric ester groups is 2. The molecule has 0 saturated carbocycles. The lowest BCUT2D eigenvalue weighted by molar-refractivity contribution is -0.161. The highest BCUT2D eigenvalue weighted by molar-refractivity contribution is 7.47. The Hall–Kier alpha value is -1.94. The van der Waals surface area contributed by atoms with Gasteiger partial charge in [-0.3, -0.25) is 37.3 Å². The van der Waals surface area contributed by atoms with Crippen LogP contribution in [0.1, 0.15) is 330 Å². The molecule has 2 unspecified atom stereocenters. The topological polar surface area (TPSA) is 237 Å². The van der Waals surface area contributed by atoms with Crippen LogP contribution in [0.5, 0.6) is 0 Å². The third-order valence-electron chi connectivity index (χ3n) is 15.2. The Bertz CT molecular complexity index is 1670. The molecule has 0 aliphatic rings. The first kappa shape index (κ1) is 83.1. The van der Waals surface area contributed by atoms with Gasteiger partial charge in [-0.2, -0.15) is 0 Å². The molecule has 0 spiro atoms. The molecular weight excluding hydrogens is 1130 g/mol. The summed E-state index contributed by atoms with van der Waals surface area (Å²) < 4.78 is 68.0. The summed E-state index contributed by atoms with van der Waals surface area (Å²) in [6.07, 6.45) is 41.8. The predicted molar refractivity (Wildman–Crippen MR) is 340 cm³/mol. The summed E-state index contributed by atoms with van der Waals surface area (Å²) in [6, 6.07) is 0. The highest BCUT2D eigenvalue weighted by atomic mass is 31.2. The summed E-state index contributed by atoms with van der Waals surface area (Å²) in [5, 5.41) is 10.5. The maximum atomic E-state index is 13.0. The molecule has 0 amide bonds. The van der Waals surface area contributed by atoms with Gasteiger partial charge in [0.2, 0.25) is 0 Å². The SMILES string of the molecule is CCCCCCCCCCCCCCCC(=O)OC[C@H](COP(=O)(O)OC[C@@H](O)COP(=O)(O)OC[C@@H](COC(=O)CCCCCCCCCC)OC(=O)CCCCCCCCCC(C)C)OC(=O)CCCCCCCCCCCCCC(C)C. The molecule has 0 aromatic carbocycles. The number of unbranched alkanes of at least 4 members (excludes halogenated alkanes) is 35. The Morgan fingerprint density at radius 1 is 0.318 bits per heavy atom. The lowest BCUT2D eigenvalue weighted by Crippen LogP contribution is -2.30. The molecule has 0 radical (unpaired) electrons. The summed E-state index contributed by atoms with van der Waals surface area (Å²) in [5.41, 5.74) is 0. The van der Waals surface area contributed by atoms with Crippen LogP contribution in [0.4, 0.5) is 0 Å². The van der Waals surface area contributed by atoms with Gasteiger partial charge in [-0.25, -0.2) is 9.13 Å². The Balaban J connectivity index is 5.23. The van der Waals surface area contributed by atoms with Crippen molar-refractivity contribution in [2.24, 2.45) is 11.8 Å². The molecule has 3 N–H and O–H groups in total. The van der Waals surface area contributed by atoms with Crippen molar-refractivity contribution in [3.63, 3.8) is 0 Å². The molecule has 0 bridgehead atoms. The second-order valence-electron chi connectivity index (χ2n) is 24.8. The van der Waals surface area contributed by atoms with Crippen LogP contribution in [-0.4, -0.2) is 96.7 Å². The number of aliphatic hydroxyl groups excluding tert-OH is 1. The fraction of sp³-hybridized carbons (Fsp3) is 0.939. The van der Waals surface area contributed by atoms with Gasteiger partial charge < -0.3 is 33.8 Å². The standard InChI is InChI=1S/C66H128O17P2/c1-7-9-11-13-15-17-18-19-22-25-31-37-43-49-64(69)77-55-61(82-65(70)50-44-38-32-26-23-20-21-24-28-34-40-46-58(3)4)56-80-84(72,73)78-52-60(67)53-79-85(74,75)81-57-62(54-76-63(68)48-42-36-30-16-14-12-10-8-2)83-66(71)51-45-39-33-27-29-35-41-47-59(5)6/h58-62,67H,7-57H2,1-6H3,(H,72,73)(H,74,75)/t60-,61-,62-/m1/s1. The van der Waals surface area contributed by atoms with E-state index in [-0.39, 0.29) is 25.7 Å². The molecule has 0 rings (SSSR count). The first-order chi connectivity index (χ1) is 40.9. The van der Waals surface area contributed by atoms with Crippen LogP contribution >= 0.6 is 15.6 Å². The van der Waals surface area contributed by atoms with Crippen molar-refractivity contribution in [1.82, 2.24) is 0 Å². The fourth-order valence-corrected chi connectivity index (χ4v) is 11.5. The van der Waals surface area contributed by atoms with E-state index in [1.807, 2.05) is 0 Å². The quantitative estimate of drug-likeness (QED) is 0.0222. The third kappa shape index (κ3) is 60.7. The maximum Gasteiger partial charge on any atom is 0.472 e. The Morgan fingerprint density at radius 2 is 0.541 bits per heavy atom. The number of carbonyl (C=O) groups is 4. The second-order valence-corrected chi connectivity index (χ2v) is 27.7. The Morgan fingerprint density at radius 3 is 0.800 bits per heavy atom. The van der Waals surface area contributed by atoms with Gasteiger partial charge in [0, 0.05) is 25.7 Å². The van der Waals surface area contributed by atoms with Crippen molar-refractivity contribution in [3.8, 4) is 0 Å². The van der Waals surface area contributed by atoms with E-state index >= 15 is 0 Å². The highest BCUT2D eigenvalue weighted by Crippen LogP contribution is 2.45. The molecule has 0 saturated heterocycles. The van der Waals surface area contributed by atoms with Gasteiger partial charge >= 0.3 is 39.5 Å².